The molecule has 0 unspecified atom stereocenters. The molecule has 1 aromatic carbocycles. The molecule has 0 aliphatic rings. The average Bonchev–Trinajstić information content (AvgIpc) is 2.82. The second-order valence-corrected chi connectivity index (χ2v) is 5.94. The minimum Gasteiger partial charge on any atom is -0.377 e. The monoisotopic (exact) mass is 295 g/mol. The van der Waals surface area contributed by atoms with Gasteiger partial charge in [0, 0.05) is 13.6 Å². The first-order valence-electron chi connectivity index (χ1n) is 6.20. The van der Waals surface area contributed by atoms with Gasteiger partial charge in [-0.1, -0.05) is 19.1 Å². The van der Waals surface area contributed by atoms with E-state index in [9.17, 15) is 8.42 Å². The summed E-state index contributed by atoms with van der Waals surface area (Å²) in [5, 5.41) is 10.8. The highest BCUT2D eigenvalue weighted by Gasteiger charge is 2.17. The topological polar surface area (TPSA) is 88.9 Å². The Balaban J connectivity index is 2.23. The Kier molecular flexibility index (Phi) is 4.35. The van der Waals surface area contributed by atoms with Crippen LogP contribution in [0, 0.1) is 0 Å². The summed E-state index contributed by atoms with van der Waals surface area (Å²) >= 11 is 0. The summed E-state index contributed by atoms with van der Waals surface area (Å²) in [5.41, 5.74) is 0.538. The van der Waals surface area contributed by atoms with Crippen LogP contribution in [0.1, 0.15) is 12.7 Å². The second-order valence-electron chi connectivity index (χ2n) is 4.21. The molecule has 20 heavy (non-hydrogen) atoms. The van der Waals surface area contributed by atoms with Gasteiger partial charge in [-0.2, -0.15) is 0 Å². The molecule has 0 saturated carbocycles. The van der Waals surface area contributed by atoms with Gasteiger partial charge in [0.15, 0.2) is 5.82 Å². The smallest absolute Gasteiger partial charge is 0.242 e. The van der Waals surface area contributed by atoms with Gasteiger partial charge in [0.1, 0.15) is 11.2 Å². The Morgan fingerprint density at radius 2 is 2.05 bits per heavy atom. The van der Waals surface area contributed by atoms with Crippen molar-refractivity contribution in [2.24, 2.45) is 7.05 Å². The van der Waals surface area contributed by atoms with Crippen molar-refractivity contribution in [1.29, 1.82) is 0 Å². The molecule has 2 N–H and O–H groups in total. The van der Waals surface area contributed by atoms with Gasteiger partial charge in [0.05, 0.1) is 12.2 Å². The number of hydrogen-bond acceptors (Lipinski definition) is 5. The van der Waals surface area contributed by atoms with E-state index < -0.39 is 10.0 Å². The molecule has 0 aliphatic heterocycles. The molecule has 1 heterocycles. The highest BCUT2D eigenvalue weighted by atomic mass is 32.2. The first kappa shape index (κ1) is 14.5. The number of benzene rings is 1. The van der Waals surface area contributed by atoms with E-state index in [1.54, 1.807) is 42.1 Å². The summed E-state index contributed by atoms with van der Waals surface area (Å²) in [4.78, 5) is 0.226. The largest absolute Gasteiger partial charge is 0.377 e. The first-order valence-corrected chi connectivity index (χ1v) is 7.68. The highest BCUT2D eigenvalue weighted by molar-refractivity contribution is 7.89. The van der Waals surface area contributed by atoms with Crippen molar-refractivity contribution >= 4 is 15.7 Å². The van der Waals surface area contributed by atoms with Gasteiger partial charge in [-0.25, -0.2) is 13.1 Å². The van der Waals surface area contributed by atoms with Crippen LogP contribution in [-0.4, -0.2) is 29.7 Å². The van der Waals surface area contributed by atoms with Crippen LogP contribution in [0.4, 0.5) is 5.69 Å². The number of anilines is 1. The fourth-order valence-corrected chi connectivity index (χ4v) is 2.98. The average molecular weight is 295 g/mol. The molecule has 0 spiro atoms. The van der Waals surface area contributed by atoms with Crippen LogP contribution in [0.15, 0.2) is 35.5 Å². The fourth-order valence-electron chi connectivity index (χ4n) is 1.76. The van der Waals surface area contributed by atoms with E-state index in [0.29, 0.717) is 18.8 Å². The predicted octanol–water partition coefficient (Wildman–Crippen LogP) is 0.725. The van der Waals surface area contributed by atoms with Crippen LogP contribution in [0.2, 0.25) is 0 Å². The molecule has 0 atom stereocenters. The van der Waals surface area contributed by atoms with E-state index in [1.165, 1.54) is 0 Å². The maximum Gasteiger partial charge on any atom is 0.242 e. The zero-order valence-electron chi connectivity index (χ0n) is 11.4. The molecular weight excluding hydrogens is 278 g/mol. The SMILES string of the molecule is CCNS(=O)(=O)c1ccccc1NCc1nncn1C. The van der Waals surface area contributed by atoms with Crippen LogP contribution in [0.5, 0.6) is 0 Å². The summed E-state index contributed by atoms with van der Waals surface area (Å²) in [6.07, 6.45) is 1.60. The predicted molar refractivity (Wildman–Crippen MR) is 75.6 cm³/mol. The lowest BCUT2D eigenvalue weighted by molar-refractivity contribution is 0.584. The minimum atomic E-state index is -3.50. The Hall–Kier alpha value is -1.93. The normalized spacial score (nSPS) is 11.5. The molecule has 0 radical (unpaired) electrons. The molecule has 0 amide bonds. The third-order valence-corrected chi connectivity index (χ3v) is 4.36. The first-order chi connectivity index (χ1) is 9.54. The van der Waals surface area contributed by atoms with Crippen molar-refractivity contribution < 1.29 is 8.42 Å². The molecule has 2 rings (SSSR count). The van der Waals surface area contributed by atoms with E-state index in [-0.39, 0.29) is 4.90 Å². The van der Waals surface area contributed by atoms with E-state index in [4.69, 9.17) is 0 Å². The van der Waals surface area contributed by atoms with Gasteiger partial charge in [-0.05, 0) is 12.1 Å². The van der Waals surface area contributed by atoms with Crippen LogP contribution >= 0.6 is 0 Å². The molecule has 2 aromatic rings. The highest BCUT2D eigenvalue weighted by Crippen LogP contribution is 2.20. The quantitative estimate of drug-likeness (QED) is 0.820. The molecule has 8 heteroatoms. The zero-order valence-corrected chi connectivity index (χ0v) is 12.2. The van der Waals surface area contributed by atoms with Crippen molar-refractivity contribution in [2.75, 3.05) is 11.9 Å². The maximum atomic E-state index is 12.1. The maximum absolute atomic E-state index is 12.1. The van der Waals surface area contributed by atoms with Crippen LogP contribution < -0.4 is 10.0 Å². The van der Waals surface area contributed by atoms with Crippen molar-refractivity contribution in [3.05, 3.63) is 36.4 Å². The van der Waals surface area contributed by atoms with Gasteiger partial charge >= 0.3 is 0 Å². The van der Waals surface area contributed by atoms with Gasteiger partial charge < -0.3 is 9.88 Å². The number of aryl methyl sites for hydroxylation is 1. The standard InChI is InChI=1S/C12H17N5O2S/c1-3-15-20(18,19)11-7-5-4-6-10(11)13-8-12-16-14-9-17(12)2/h4-7,9,13,15H,3,8H2,1-2H3. The number of para-hydroxylation sites is 1. The Morgan fingerprint density at radius 3 is 2.70 bits per heavy atom. The lowest BCUT2D eigenvalue weighted by Gasteiger charge is -2.12. The molecule has 0 saturated heterocycles. The summed E-state index contributed by atoms with van der Waals surface area (Å²) in [7, 11) is -1.67. The van der Waals surface area contributed by atoms with Crippen LogP contribution in [0.3, 0.4) is 0 Å². The third-order valence-electron chi connectivity index (χ3n) is 2.75. The molecular formula is C12H17N5O2S. The third kappa shape index (κ3) is 3.14. The van der Waals surface area contributed by atoms with E-state index in [1.807, 2.05) is 7.05 Å². The lowest BCUT2D eigenvalue weighted by atomic mass is 10.3. The Bertz CT molecular complexity index is 681. The number of nitrogens with one attached hydrogen (secondary N) is 2. The van der Waals surface area contributed by atoms with Crippen molar-refractivity contribution in [2.45, 2.75) is 18.4 Å². The van der Waals surface area contributed by atoms with Crippen LogP contribution in [-0.2, 0) is 23.6 Å². The molecule has 7 nitrogen and oxygen atoms in total. The number of hydrogen-bond donors (Lipinski definition) is 2. The van der Waals surface area contributed by atoms with Gasteiger partial charge in [-0.15, -0.1) is 10.2 Å². The summed E-state index contributed by atoms with van der Waals surface area (Å²) in [5.74, 6) is 0.723. The molecule has 0 aliphatic carbocycles. The van der Waals surface area contributed by atoms with Crippen molar-refractivity contribution in [3.8, 4) is 0 Å². The summed E-state index contributed by atoms with van der Waals surface area (Å²) in [6.45, 7) is 2.49. The molecule has 0 fully saturated rings. The van der Waals surface area contributed by atoms with Crippen LogP contribution in [0.25, 0.3) is 0 Å². The zero-order chi connectivity index (χ0) is 14.6. The summed E-state index contributed by atoms with van der Waals surface area (Å²) in [6, 6.07) is 6.76. The van der Waals surface area contributed by atoms with Gasteiger partial charge in [0.25, 0.3) is 0 Å². The molecule has 0 bridgehead atoms. The number of aromatic nitrogens is 3. The Morgan fingerprint density at radius 1 is 1.30 bits per heavy atom. The fraction of sp³-hybridized carbons (Fsp3) is 0.333. The second kappa shape index (κ2) is 6.02. The van der Waals surface area contributed by atoms with E-state index >= 15 is 0 Å². The molecule has 108 valence electrons. The lowest BCUT2D eigenvalue weighted by Crippen LogP contribution is -2.24. The van der Waals surface area contributed by atoms with Crippen molar-refractivity contribution in [1.82, 2.24) is 19.5 Å². The summed E-state index contributed by atoms with van der Waals surface area (Å²) < 4.78 is 28.4. The van der Waals surface area contributed by atoms with E-state index in [0.717, 1.165) is 5.82 Å². The number of sulfonamides is 1. The number of rotatable bonds is 6. The van der Waals surface area contributed by atoms with E-state index in [2.05, 4.69) is 20.2 Å². The Labute approximate surface area is 118 Å². The number of nitrogens with zero attached hydrogens (tertiary/aromatic N) is 3. The van der Waals surface area contributed by atoms with Crippen molar-refractivity contribution in [3.63, 3.8) is 0 Å². The molecule has 1 aromatic heterocycles. The van der Waals surface area contributed by atoms with Gasteiger partial charge in [-0.3, -0.25) is 0 Å². The minimum absolute atomic E-state index is 0.226. The van der Waals surface area contributed by atoms with Gasteiger partial charge in [0.2, 0.25) is 10.0 Å².